The van der Waals surface area contributed by atoms with Crippen molar-refractivity contribution in [2.45, 2.75) is 31.8 Å². The monoisotopic (exact) mass is 403 g/mol. The number of aryl methyl sites for hydroxylation is 1. The molecule has 1 heterocycles. The van der Waals surface area contributed by atoms with Gasteiger partial charge in [0.1, 0.15) is 0 Å². The molecule has 3 rings (SSSR count). The van der Waals surface area contributed by atoms with Gasteiger partial charge >= 0.3 is 6.03 Å². The molecule has 6 nitrogen and oxygen atoms in total. The average Bonchev–Trinajstić information content (AvgIpc) is 3.22. The molecule has 1 saturated heterocycles. The van der Waals surface area contributed by atoms with Gasteiger partial charge in [0.15, 0.2) is 11.6 Å². The summed E-state index contributed by atoms with van der Waals surface area (Å²) in [6.45, 7) is 1.21. The van der Waals surface area contributed by atoms with Crippen LogP contribution in [0, 0.1) is 11.6 Å². The van der Waals surface area contributed by atoms with Crippen LogP contribution in [0.2, 0.25) is 0 Å². The third-order valence-electron chi connectivity index (χ3n) is 4.57. The van der Waals surface area contributed by atoms with Crippen LogP contribution >= 0.6 is 0 Å². The first-order chi connectivity index (χ1) is 14.0. The minimum atomic E-state index is -0.925. The van der Waals surface area contributed by atoms with Crippen LogP contribution in [-0.4, -0.2) is 31.2 Å². The molecule has 8 heteroatoms. The molecule has 1 aliphatic rings. The second kappa shape index (κ2) is 9.97. The standard InChI is InChI=1S/C21H23F2N3O3/c22-18-9-3-14(12-19(18)23)4-10-20(27)25-15-5-7-16(8-6-15)26-21(28)24-13-17-2-1-11-29-17/h3,5-9,12,17H,1-2,4,10-11,13H2,(H,25,27)(H2,24,26,28). The lowest BCUT2D eigenvalue weighted by molar-refractivity contribution is -0.116. The highest BCUT2D eigenvalue weighted by atomic mass is 19.2. The lowest BCUT2D eigenvalue weighted by Gasteiger charge is -2.12. The normalized spacial score (nSPS) is 15.7. The Morgan fingerprint density at radius 3 is 2.38 bits per heavy atom. The Hall–Kier alpha value is -3.00. The molecule has 29 heavy (non-hydrogen) atoms. The zero-order chi connectivity index (χ0) is 20.6. The van der Waals surface area contributed by atoms with Crippen LogP contribution in [0.4, 0.5) is 25.0 Å². The Balaban J connectivity index is 1.41. The third-order valence-corrected chi connectivity index (χ3v) is 4.57. The molecule has 0 radical (unpaired) electrons. The van der Waals surface area contributed by atoms with Gasteiger partial charge < -0.3 is 20.7 Å². The minimum Gasteiger partial charge on any atom is -0.376 e. The SMILES string of the molecule is O=C(CCc1ccc(F)c(F)c1)Nc1ccc(NC(=O)NCC2CCCO2)cc1. The van der Waals surface area contributed by atoms with Crippen molar-refractivity contribution in [3.8, 4) is 0 Å². The topological polar surface area (TPSA) is 79.5 Å². The maximum Gasteiger partial charge on any atom is 0.319 e. The number of rotatable bonds is 7. The third kappa shape index (κ3) is 6.53. The maximum atomic E-state index is 13.2. The molecule has 0 saturated carbocycles. The van der Waals surface area contributed by atoms with Gasteiger partial charge in [-0.25, -0.2) is 13.6 Å². The molecule has 1 unspecified atom stereocenters. The molecular formula is C21H23F2N3O3. The summed E-state index contributed by atoms with van der Waals surface area (Å²) in [5, 5.41) is 8.21. The van der Waals surface area contributed by atoms with Gasteiger partial charge in [-0.05, 0) is 61.2 Å². The number of anilines is 2. The van der Waals surface area contributed by atoms with E-state index in [-0.39, 0.29) is 24.5 Å². The predicted molar refractivity (Wildman–Crippen MR) is 106 cm³/mol. The summed E-state index contributed by atoms with van der Waals surface area (Å²) in [4.78, 5) is 23.9. The highest BCUT2D eigenvalue weighted by Crippen LogP contribution is 2.15. The molecule has 1 fully saturated rings. The fraction of sp³-hybridized carbons (Fsp3) is 0.333. The van der Waals surface area contributed by atoms with Gasteiger partial charge in [0, 0.05) is 30.9 Å². The molecule has 1 atom stereocenters. The fourth-order valence-corrected chi connectivity index (χ4v) is 3.00. The van der Waals surface area contributed by atoms with Crippen molar-refractivity contribution >= 4 is 23.3 Å². The van der Waals surface area contributed by atoms with Crippen LogP contribution in [0.1, 0.15) is 24.8 Å². The molecule has 1 aliphatic heterocycles. The second-order valence-corrected chi connectivity index (χ2v) is 6.84. The van der Waals surface area contributed by atoms with Gasteiger partial charge in [-0.2, -0.15) is 0 Å². The Kier molecular flexibility index (Phi) is 7.13. The first-order valence-electron chi connectivity index (χ1n) is 9.50. The minimum absolute atomic E-state index is 0.0738. The van der Waals surface area contributed by atoms with Crippen molar-refractivity contribution in [1.29, 1.82) is 0 Å². The molecule has 2 aromatic carbocycles. The van der Waals surface area contributed by atoms with E-state index in [4.69, 9.17) is 4.74 Å². The Morgan fingerprint density at radius 1 is 1.00 bits per heavy atom. The van der Waals surface area contributed by atoms with Crippen LogP contribution in [0.5, 0.6) is 0 Å². The summed E-state index contributed by atoms with van der Waals surface area (Å²) in [6.07, 6.45) is 2.47. The summed E-state index contributed by atoms with van der Waals surface area (Å²) < 4.78 is 31.6. The summed E-state index contributed by atoms with van der Waals surface area (Å²) in [7, 11) is 0. The van der Waals surface area contributed by atoms with Crippen molar-refractivity contribution in [1.82, 2.24) is 5.32 Å². The van der Waals surface area contributed by atoms with Gasteiger partial charge in [-0.15, -0.1) is 0 Å². The van der Waals surface area contributed by atoms with Gasteiger partial charge in [0.05, 0.1) is 6.10 Å². The summed E-state index contributed by atoms with van der Waals surface area (Å²) in [5.41, 5.74) is 1.72. The summed E-state index contributed by atoms with van der Waals surface area (Å²) >= 11 is 0. The molecular weight excluding hydrogens is 380 g/mol. The first kappa shape index (κ1) is 20.7. The smallest absolute Gasteiger partial charge is 0.319 e. The van der Waals surface area contributed by atoms with E-state index >= 15 is 0 Å². The van der Waals surface area contributed by atoms with E-state index < -0.39 is 11.6 Å². The molecule has 0 spiro atoms. The van der Waals surface area contributed by atoms with E-state index in [0.29, 0.717) is 29.9 Å². The van der Waals surface area contributed by atoms with Crippen LogP contribution in [0.15, 0.2) is 42.5 Å². The van der Waals surface area contributed by atoms with Crippen molar-refractivity contribution in [3.05, 3.63) is 59.7 Å². The number of hydrogen-bond donors (Lipinski definition) is 3. The average molecular weight is 403 g/mol. The molecule has 2 aromatic rings. The molecule has 0 bridgehead atoms. The quantitative estimate of drug-likeness (QED) is 0.657. The molecule has 3 amide bonds. The summed E-state index contributed by atoms with van der Waals surface area (Å²) in [5.74, 6) is -2.08. The molecule has 0 aromatic heterocycles. The number of carbonyl (C=O) groups is 2. The Bertz CT molecular complexity index is 853. The van der Waals surface area contributed by atoms with Crippen molar-refractivity contribution in [2.24, 2.45) is 0 Å². The second-order valence-electron chi connectivity index (χ2n) is 6.84. The van der Waals surface area contributed by atoms with Crippen molar-refractivity contribution in [2.75, 3.05) is 23.8 Å². The van der Waals surface area contributed by atoms with Gasteiger partial charge in [-0.1, -0.05) is 6.07 Å². The Morgan fingerprint density at radius 2 is 1.72 bits per heavy atom. The van der Waals surface area contributed by atoms with E-state index in [1.807, 2.05) is 0 Å². The number of urea groups is 1. The molecule has 0 aliphatic carbocycles. The number of halogens is 2. The highest BCUT2D eigenvalue weighted by molar-refractivity contribution is 5.92. The van der Waals surface area contributed by atoms with E-state index in [0.717, 1.165) is 31.6 Å². The van der Waals surface area contributed by atoms with Crippen LogP contribution < -0.4 is 16.0 Å². The number of benzene rings is 2. The van der Waals surface area contributed by atoms with Crippen LogP contribution in [0.3, 0.4) is 0 Å². The fourth-order valence-electron chi connectivity index (χ4n) is 3.00. The van der Waals surface area contributed by atoms with Gasteiger partial charge in [0.25, 0.3) is 0 Å². The van der Waals surface area contributed by atoms with Gasteiger partial charge in [-0.3, -0.25) is 4.79 Å². The van der Waals surface area contributed by atoms with Crippen LogP contribution in [0.25, 0.3) is 0 Å². The zero-order valence-corrected chi connectivity index (χ0v) is 15.8. The Labute approximate surface area is 167 Å². The zero-order valence-electron chi connectivity index (χ0n) is 15.8. The molecule has 154 valence electrons. The maximum absolute atomic E-state index is 13.2. The van der Waals surface area contributed by atoms with Gasteiger partial charge in [0.2, 0.25) is 5.91 Å². The van der Waals surface area contributed by atoms with E-state index in [1.54, 1.807) is 24.3 Å². The number of hydrogen-bond acceptors (Lipinski definition) is 3. The lowest BCUT2D eigenvalue weighted by Crippen LogP contribution is -2.35. The largest absolute Gasteiger partial charge is 0.376 e. The lowest BCUT2D eigenvalue weighted by atomic mass is 10.1. The summed E-state index contributed by atoms with van der Waals surface area (Å²) in [6, 6.07) is 9.97. The van der Waals surface area contributed by atoms with Crippen LogP contribution in [-0.2, 0) is 16.0 Å². The number of carbonyl (C=O) groups excluding carboxylic acids is 2. The van der Waals surface area contributed by atoms with E-state index in [9.17, 15) is 18.4 Å². The first-order valence-corrected chi connectivity index (χ1v) is 9.50. The van der Waals surface area contributed by atoms with Crippen molar-refractivity contribution in [3.63, 3.8) is 0 Å². The van der Waals surface area contributed by atoms with E-state index in [2.05, 4.69) is 16.0 Å². The number of ether oxygens (including phenoxy) is 1. The number of nitrogens with one attached hydrogen (secondary N) is 3. The molecule has 3 N–H and O–H groups in total. The van der Waals surface area contributed by atoms with Crippen molar-refractivity contribution < 1.29 is 23.1 Å². The number of amides is 3. The van der Waals surface area contributed by atoms with E-state index in [1.165, 1.54) is 6.07 Å². The predicted octanol–water partition coefficient (Wildman–Crippen LogP) is 3.84. The highest BCUT2D eigenvalue weighted by Gasteiger charge is 2.16.